The van der Waals surface area contributed by atoms with Crippen LogP contribution in [0.25, 0.3) is 0 Å². The lowest BCUT2D eigenvalue weighted by Gasteiger charge is -2.36. The molecule has 0 spiro atoms. The van der Waals surface area contributed by atoms with Gasteiger partial charge in [0.05, 0.1) is 10.6 Å². The summed E-state index contributed by atoms with van der Waals surface area (Å²) in [6.07, 6.45) is 4.68. The standard InChI is InChI=1S/C15H22ClN3O/c1-19(2)15(7-3-4-8-15)10-18-14(20)12-6-5-11(17)9-13(12)16/h5-6,9H,3-4,7-8,10,17H2,1-2H3,(H,18,20). The molecule has 3 N–H and O–H groups in total. The van der Waals surface area contributed by atoms with Crippen molar-refractivity contribution >= 4 is 23.2 Å². The van der Waals surface area contributed by atoms with Crippen LogP contribution in [-0.4, -0.2) is 37.0 Å². The quantitative estimate of drug-likeness (QED) is 0.839. The zero-order valence-electron chi connectivity index (χ0n) is 12.1. The molecular weight excluding hydrogens is 274 g/mol. The highest BCUT2D eigenvalue weighted by molar-refractivity contribution is 6.34. The smallest absolute Gasteiger partial charge is 0.252 e. The highest BCUT2D eigenvalue weighted by Gasteiger charge is 2.36. The largest absolute Gasteiger partial charge is 0.399 e. The molecule has 0 bridgehead atoms. The van der Waals surface area contributed by atoms with Gasteiger partial charge in [0, 0.05) is 17.8 Å². The van der Waals surface area contributed by atoms with Crippen molar-refractivity contribution in [3.63, 3.8) is 0 Å². The molecule has 1 aromatic rings. The lowest BCUT2D eigenvalue weighted by molar-refractivity contribution is 0.0900. The van der Waals surface area contributed by atoms with E-state index in [1.54, 1.807) is 18.2 Å². The predicted octanol–water partition coefficient (Wildman–Crippen LogP) is 2.53. The molecule has 5 heteroatoms. The third-order valence-corrected chi connectivity index (χ3v) is 4.61. The van der Waals surface area contributed by atoms with E-state index in [1.165, 1.54) is 12.8 Å². The van der Waals surface area contributed by atoms with Crippen LogP contribution in [0.1, 0.15) is 36.0 Å². The number of hydrogen-bond donors (Lipinski definition) is 2. The van der Waals surface area contributed by atoms with Crippen molar-refractivity contribution in [2.45, 2.75) is 31.2 Å². The van der Waals surface area contributed by atoms with E-state index in [4.69, 9.17) is 17.3 Å². The van der Waals surface area contributed by atoms with E-state index >= 15 is 0 Å². The second kappa shape index (κ2) is 6.02. The molecular formula is C15H22ClN3O. The maximum absolute atomic E-state index is 12.2. The Morgan fingerprint density at radius 3 is 2.60 bits per heavy atom. The first-order valence-electron chi connectivity index (χ1n) is 6.95. The fraction of sp³-hybridized carbons (Fsp3) is 0.533. The third-order valence-electron chi connectivity index (χ3n) is 4.30. The number of nitrogens with zero attached hydrogens (tertiary/aromatic N) is 1. The van der Waals surface area contributed by atoms with Crippen LogP contribution >= 0.6 is 11.6 Å². The van der Waals surface area contributed by atoms with Crippen molar-refractivity contribution in [2.75, 3.05) is 26.4 Å². The highest BCUT2D eigenvalue weighted by Crippen LogP contribution is 2.33. The molecule has 1 fully saturated rings. The summed E-state index contributed by atoms with van der Waals surface area (Å²) >= 11 is 6.07. The summed E-state index contributed by atoms with van der Waals surface area (Å²) in [4.78, 5) is 14.5. The van der Waals surface area contributed by atoms with Crippen LogP contribution < -0.4 is 11.1 Å². The Morgan fingerprint density at radius 1 is 1.40 bits per heavy atom. The molecule has 20 heavy (non-hydrogen) atoms. The van der Waals surface area contributed by atoms with Crippen LogP contribution in [0.5, 0.6) is 0 Å². The summed E-state index contributed by atoms with van der Waals surface area (Å²) in [6.45, 7) is 0.652. The van der Waals surface area contributed by atoms with Gasteiger partial charge in [-0.2, -0.15) is 0 Å². The minimum absolute atomic E-state index is 0.0793. The Labute approximate surface area is 125 Å². The fourth-order valence-electron chi connectivity index (χ4n) is 2.87. The number of rotatable bonds is 4. The first kappa shape index (κ1) is 15.1. The van der Waals surface area contributed by atoms with Crippen LogP contribution in [0, 0.1) is 0 Å². The Morgan fingerprint density at radius 2 is 2.05 bits per heavy atom. The van der Waals surface area contributed by atoms with Gasteiger partial charge in [0.25, 0.3) is 5.91 Å². The number of carbonyl (C=O) groups is 1. The first-order valence-corrected chi connectivity index (χ1v) is 7.33. The molecule has 1 aromatic carbocycles. The Hall–Kier alpha value is -1.26. The molecule has 0 aliphatic heterocycles. The SMILES string of the molecule is CN(C)C1(CNC(=O)c2ccc(N)cc2Cl)CCCC1. The van der Waals surface area contributed by atoms with Gasteiger partial charge in [0.15, 0.2) is 0 Å². The Balaban J connectivity index is 2.04. The average molecular weight is 296 g/mol. The fourth-order valence-corrected chi connectivity index (χ4v) is 3.15. The normalized spacial score (nSPS) is 17.4. The van der Waals surface area contributed by atoms with Gasteiger partial charge in [-0.1, -0.05) is 24.4 Å². The van der Waals surface area contributed by atoms with Gasteiger partial charge in [-0.25, -0.2) is 0 Å². The Bertz CT molecular complexity index is 496. The monoisotopic (exact) mass is 295 g/mol. The number of hydrogen-bond acceptors (Lipinski definition) is 3. The van der Waals surface area contributed by atoms with Crippen molar-refractivity contribution in [1.29, 1.82) is 0 Å². The summed E-state index contributed by atoms with van der Waals surface area (Å²) in [5, 5.41) is 3.41. The summed E-state index contributed by atoms with van der Waals surface area (Å²) in [7, 11) is 4.15. The van der Waals surface area contributed by atoms with Crippen molar-refractivity contribution in [3.05, 3.63) is 28.8 Å². The predicted molar refractivity (Wildman–Crippen MR) is 83.1 cm³/mol. The molecule has 0 unspecified atom stereocenters. The molecule has 1 aliphatic rings. The van der Waals surface area contributed by atoms with Crippen molar-refractivity contribution in [2.24, 2.45) is 0 Å². The van der Waals surface area contributed by atoms with Crippen LogP contribution in [0.4, 0.5) is 5.69 Å². The molecule has 1 aliphatic carbocycles. The topological polar surface area (TPSA) is 58.4 Å². The molecule has 0 radical (unpaired) electrons. The van der Waals surface area contributed by atoms with E-state index in [1.807, 2.05) is 0 Å². The van der Waals surface area contributed by atoms with Crippen molar-refractivity contribution in [1.82, 2.24) is 10.2 Å². The maximum Gasteiger partial charge on any atom is 0.252 e. The number of anilines is 1. The van der Waals surface area contributed by atoms with Crippen LogP contribution in [0.15, 0.2) is 18.2 Å². The van der Waals surface area contributed by atoms with E-state index in [-0.39, 0.29) is 11.4 Å². The minimum Gasteiger partial charge on any atom is -0.399 e. The lowest BCUT2D eigenvalue weighted by atomic mass is 9.96. The average Bonchev–Trinajstić information content (AvgIpc) is 2.86. The summed E-state index contributed by atoms with van der Waals surface area (Å²) < 4.78 is 0. The van der Waals surface area contributed by atoms with Crippen LogP contribution in [-0.2, 0) is 0 Å². The number of likely N-dealkylation sites (N-methyl/N-ethyl adjacent to an activating group) is 1. The summed E-state index contributed by atoms with van der Waals surface area (Å²) in [6, 6.07) is 4.97. The number of amides is 1. The first-order chi connectivity index (χ1) is 9.44. The lowest BCUT2D eigenvalue weighted by Crippen LogP contribution is -2.50. The van der Waals surface area contributed by atoms with E-state index in [0.29, 0.717) is 22.8 Å². The summed E-state index contributed by atoms with van der Waals surface area (Å²) in [5.74, 6) is -0.136. The number of benzene rings is 1. The zero-order valence-corrected chi connectivity index (χ0v) is 12.8. The van der Waals surface area contributed by atoms with E-state index in [9.17, 15) is 4.79 Å². The second-order valence-electron chi connectivity index (χ2n) is 5.75. The minimum atomic E-state index is -0.136. The van der Waals surface area contributed by atoms with Gasteiger partial charge in [0.2, 0.25) is 0 Å². The number of halogens is 1. The van der Waals surface area contributed by atoms with Gasteiger partial charge in [-0.3, -0.25) is 4.79 Å². The van der Waals surface area contributed by atoms with E-state index < -0.39 is 0 Å². The maximum atomic E-state index is 12.2. The molecule has 0 saturated heterocycles. The molecule has 4 nitrogen and oxygen atoms in total. The van der Waals surface area contributed by atoms with Gasteiger partial charge < -0.3 is 16.0 Å². The van der Waals surface area contributed by atoms with Crippen molar-refractivity contribution < 1.29 is 4.79 Å². The van der Waals surface area contributed by atoms with Gasteiger partial charge in [0.1, 0.15) is 0 Å². The molecule has 1 amide bonds. The number of nitrogen functional groups attached to an aromatic ring is 1. The van der Waals surface area contributed by atoms with Gasteiger partial charge in [-0.05, 0) is 45.1 Å². The molecule has 1 saturated carbocycles. The molecule has 0 aromatic heterocycles. The third kappa shape index (κ3) is 3.07. The zero-order chi connectivity index (χ0) is 14.8. The highest BCUT2D eigenvalue weighted by atomic mass is 35.5. The molecule has 0 atom stereocenters. The van der Waals surface area contributed by atoms with E-state index in [2.05, 4.69) is 24.3 Å². The van der Waals surface area contributed by atoms with Gasteiger partial charge in [-0.15, -0.1) is 0 Å². The van der Waals surface area contributed by atoms with E-state index in [0.717, 1.165) is 12.8 Å². The van der Waals surface area contributed by atoms with Crippen LogP contribution in [0.3, 0.4) is 0 Å². The summed E-state index contributed by atoms with van der Waals surface area (Å²) in [5.41, 5.74) is 6.76. The number of nitrogens with one attached hydrogen (secondary N) is 1. The number of nitrogens with two attached hydrogens (primary N) is 1. The second-order valence-corrected chi connectivity index (χ2v) is 6.16. The van der Waals surface area contributed by atoms with Crippen LogP contribution in [0.2, 0.25) is 5.02 Å². The molecule has 110 valence electrons. The number of carbonyl (C=O) groups excluding carboxylic acids is 1. The van der Waals surface area contributed by atoms with Gasteiger partial charge >= 0.3 is 0 Å². The van der Waals surface area contributed by atoms with Crippen molar-refractivity contribution in [3.8, 4) is 0 Å². The molecule has 2 rings (SSSR count). The molecule has 0 heterocycles. The Kier molecular flexibility index (Phi) is 4.55.